The minimum atomic E-state index is -0.377. The molecule has 1 rings (SSSR count). The lowest BCUT2D eigenvalue weighted by molar-refractivity contribution is -0.380. The van der Waals surface area contributed by atoms with E-state index in [1.165, 1.54) is 17.4 Å². The summed E-state index contributed by atoms with van der Waals surface area (Å²) in [6.45, 7) is 4.11. The number of nitro groups is 1. The molecule has 0 saturated carbocycles. The predicted molar refractivity (Wildman–Crippen MR) is 64.6 cm³/mol. The van der Waals surface area contributed by atoms with Gasteiger partial charge < -0.3 is 5.73 Å². The minimum absolute atomic E-state index is 0. The molecule has 6 heteroatoms. The predicted octanol–water partition coefficient (Wildman–Crippen LogP) is 3.12. The van der Waals surface area contributed by atoms with Crippen LogP contribution in [-0.4, -0.2) is 4.92 Å². The van der Waals surface area contributed by atoms with Crippen molar-refractivity contribution in [1.29, 1.82) is 0 Å². The highest BCUT2D eigenvalue weighted by Crippen LogP contribution is 2.31. The molecule has 0 fully saturated rings. The van der Waals surface area contributed by atoms with Gasteiger partial charge in [-0.2, -0.15) is 0 Å². The minimum Gasteiger partial charge on any atom is -0.323 e. The normalized spacial score (nSPS) is 14.1. The van der Waals surface area contributed by atoms with E-state index >= 15 is 0 Å². The molecule has 0 radical (unpaired) electrons. The molecule has 0 amide bonds. The summed E-state index contributed by atoms with van der Waals surface area (Å²) < 4.78 is 0. The van der Waals surface area contributed by atoms with Gasteiger partial charge in [0.2, 0.25) is 0 Å². The summed E-state index contributed by atoms with van der Waals surface area (Å²) >= 11 is 1.17. The zero-order valence-corrected chi connectivity index (χ0v) is 10.3. The molecule has 4 nitrogen and oxygen atoms in total. The lowest BCUT2D eigenvalue weighted by Crippen LogP contribution is -2.16. The van der Waals surface area contributed by atoms with Crippen LogP contribution in [0.1, 0.15) is 31.2 Å². The molecular weight excluding hydrogens is 236 g/mol. The van der Waals surface area contributed by atoms with Crippen molar-refractivity contribution in [3.05, 3.63) is 27.1 Å². The Morgan fingerprint density at radius 3 is 2.60 bits per heavy atom. The summed E-state index contributed by atoms with van der Waals surface area (Å²) in [5.41, 5.74) is 5.95. The summed E-state index contributed by atoms with van der Waals surface area (Å²) in [4.78, 5) is 11.0. The summed E-state index contributed by atoms with van der Waals surface area (Å²) in [6, 6.07) is 3.18. The molecule has 2 N–H and O–H groups in total. The summed E-state index contributed by atoms with van der Waals surface area (Å²) in [5, 5.41) is 10.6. The molecule has 0 aliphatic rings. The molecule has 1 unspecified atom stereocenters. The fourth-order valence-electron chi connectivity index (χ4n) is 1.15. The molecule has 0 aliphatic heterocycles. The largest absolute Gasteiger partial charge is 0.324 e. The number of nitrogens with two attached hydrogens (primary N) is 1. The standard InChI is InChI=1S/C9H14N2O2S.ClH/c1-3-6(2)9(10)7-4-5-8(14-7)11(12)13;/h4-6,9H,3,10H2,1-2H3;1H/t6?,9-;/m0./s1. The second-order valence-electron chi connectivity index (χ2n) is 3.34. The van der Waals surface area contributed by atoms with Gasteiger partial charge in [0.05, 0.1) is 4.92 Å². The topological polar surface area (TPSA) is 69.2 Å². The number of rotatable bonds is 4. The van der Waals surface area contributed by atoms with Crippen molar-refractivity contribution in [3.63, 3.8) is 0 Å². The fourth-order valence-corrected chi connectivity index (χ4v) is 2.11. The molecule has 0 saturated heterocycles. The van der Waals surface area contributed by atoms with Crippen LogP contribution < -0.4 is 5.73 Å². The molecule has 1 aromatic rings. The summed E-state index contributed by atoms with van der Waals surface area (Å²) in [6.07, 6.45) is 0.979. The maximum Gasteiger partial charge on any atom is 0.324 e. The van der Waals surface area contributed by atoms with E-state index in [4.69, 9.17) is 5.73 Å². The Balaban J connectivity index is 0.00000196. The van der Waals surface area contributed by atoms with E-state index in [0.29, 0.717) is 5.92 Å². The number of hydrogen-bond acceptors (Lipinski definition) is 4. The van der Waals surface area contributed by atoms with Gasteiger partial charge in [0.15, 0.2) is 0 Å². The van der Waals surface area contributed by atoms with Crippen molar-refractivity contribution in [2.24, 2.45) is 11.7 Å². The summed E-state index contributed by atoms with van der Waals surface area (Å²) in [5.74, 6) is 0.355. The van der Waals surface area contributed by atoms with Gasteiger partial charge in [-0.1, -0.05) is 31.6 Å². The molecule has 0 spiro atoms. The van der Waals surface area contributed by atoms with Crippen molar-refractivity contribution < 1.29 is 4.92 Å². The molecule has 1 aromatic heterocycles. The van der Waals surface area contributed by atoms with Crippen molar-refractivity contribution in [2.75, 3.05) is 0 Å². The van der Waals surface area contributed by atoms with Crippen molar-refractivity contribution in [2.45, 2.75) is 26.3 Å². The highest BCUT2D eigenvalue weighted by atomic mass is 35.5. The van der Waals surface area contributed by atoms with Crippen LogP contribution in [0.25, 0.3) is 0 Å². The van der Waals surface area contributed by atoms with Crippen LogP contribution in [0.4, 0.5) is 5.00 Å². The molecule has 1 heterocycles. The Morgan fingerprint density at radius 2 is 2.20 bits per heavy atom. The van der Waals surface area contributed by atoms with Crippen LogP contribution in [0.15, 0.2) is 12.1 Å². The quantitative estimate of drug-likeness (QED) is 0.659. The second kappa shape index (κ2) is 6.05. The Morgan fingerprint density at radius 1 is 1.60 bits per heavy atom. The lowest BCUT2D eigenvalue weighted by atomic mass is 9.99. The van der Waals surface area contributed by atoms with E-state index in [2.05, 4.69) is 13.8 Å². The maximum absolute atomic E-state index is 10.5. The second-order valence-corrected chi connectivity index (χ2v) is 4.44. The van der Waals surface area contributed by atoms with E-state index in [9.17, 15) is 10.1 Å². The van der Waals surface area contributed by atoms with Gasteiger partial charge in [0.1, 0.15) is 0 Å². The van der Waals surface area contributed by atoms with Crippen molar-refractivity contribution in [3.8, 4) is 0 Å². The maximum atomic E-state index is 10.5. The molecule has 0 bridgehead atoms. The first-order valence-corrected chi connectivity index (χ1v) is 5.37. The van der Waals surface area contributed by atoms with Crippen LogP contribution >= 0.6 is 23.7 Å². The van der Waals surface area contributed by atoms with Gasteiger partial charge >= 0.3 is 5.00 Å². The SMILES string of the molecule is CCC(C)[C@H](N)c1ccc([N+](=O)[O-])s1.Cl. The third-order valence-corrected chi connectivity index (χ3v) is 3.52. The van der Waals surface area contributed by atoms with Gasteiger partial charge in [0, 0.05) is 17.0 Å². The molecule has 86 valence electrons. The fraction of sp³-hybridized carbons (Fsp3) is 0.556. The van der Waals surface area contributed by atoms with E-state index in [-0.39, 0.29) is 28.4 Å². The molecule has 0 aliphatic carbocycles. The van der Waals surface area contributed by atoms with Gasteiger partial charge in [-0.05, 0) is 12.0 Å². The zero-order chi connectivity index (χ0) is 10.7. The monoisotopic (exact) mass is 250 g/mol. The van der Waals surface area contributed by atoms with Crippen molar-refractivity contribution in [1.82, 2.24) is 0 Å². The van der Waals surface area contributed by atoms with Gasteiger partial charge in [-0.3, -0.25) is 10.1 Å². The molecule has 2 atom stereocenters. The van der Waals surface area contributed by atoms with Crippen LogP contribution in [0.5, 0.6) is 0 Å². The Kier molecular flexibility index (Phi) is 5.79. The Bertz CT molecular complexity index is 330. The van der Waals surface area contributed by atoms with Crippen LogP contribution in [-0.2, 0) is 0 Å². The molecular formula is C9H15ClN2O2S. The smallest absolute Gasteiger partial charge is 0.323 e. The van der Waals surface area contributed by atoms with Crippen molar-refractivity contribution >= 4 is 28.7 Å². The van der Waals surface area contributed by atoms with Gasteiger partial charge in [-0.15, -0.1) is 12.4 Å². The first kappa shape index (κ1) is 14.3. The first-order chi connectivity index (χ1) is 6.56. The highest BCUT2D eigenvalue weighted by molar-refractivity contribution is 7.15. The zero-order valence-electron chi connectivity index (χ0n) is 8.67. The van der Waals surface area contributed by atoms with E-state index in [0.717, 1.165) is 11.3 Å². The van der Waals surface area contributed by atoms with Gasteiger partial charge in [-0.25, -0.2) is 0 Å². The van der Waals surface area contributed by atoms with Crippen LogP contribution in [0.2, 0.25) is 0 Å². The van der Waals surface area contributed by atoms with E-state index in [1.807, 2.05) is 0 Å². The van der Waals surface area contributed by atoms with Gasteiger partial charge in [0.25, 0.3) is 0 Å². The third-order valence-electron chi connectivity index (χ3n) is 2.38. The number of nitrogens with zero attached hydrogens (tertiary/aromatic N) is 1. The average Bonchev–Trinajstić information content (AvgIpc) is 2.64. The average molecular weight is 251 g/mol. The van der Waals surface area contributed by atoms with E-state index in [1.54, 1.807) is 6.07 Å². The highest BCUT2D eigenvalue weighted by Gasteiger charge is 2.18. The molecule has 0 aromatic carbocycles. The Labute approximate surface area is 99.0 Å². The molecule has 15 heavy (non-hydrogen) atoms. The van der Waals surface area contributed by atoms with E-state index < -0.39 is 0 Å². The Hall–Kier alpha value is -0.650. The lowest BCUT2D eigenvalue weighted by Gasteiger charge is -2.15. The first-order valence-electron chi connectivity index (χ1n) is 4.56. The number of hydrogen-bond donors (Lipinski definition) is 1. The third kappa shape index (κ3) is 3.44. The van der Waals surface area contributed by atoms with Crippen LogP contribution in [0.3, 0.4) is 0 Å². The number of thiophene rings is 1. The number of halogens is 1. The summed E-state index contributed by atoms with van der Waals surface area (Å²) in [7, 11) is 0. The van der Waals surface area contributed by atoms with Crippen LogP contribution in [0, 0.1) is 16.0 Å².